The van der Waals surface area contributed by atoms with Crippen LogP contribution in [0.5, 0.6) is 0 Å². The third kappa shape index (κ3) is 3.92. The van der Waals surface area contributed by atoms with E-state index in [0.717, 1.165) is 16.2 Å². The Bertz CT molecular complexity index is 982. The Hall–Kier alpha value is -2.31. The van der Waals surface area contributed by atoms with Crippen LogP contribution in [0.4, 0.5) is 5.69 Å². The Morgan fingerprint density at radius 1 is 1.19 bits per heavy atom. The first kappa shape index (κ1) is 18.5. The molecule has 0 saturated carbocycles. The maximum Gasteiger partial charge on any atom is 0.237 e. The average Bonchev–Trinajstić information content (AvgIpc) is 2.90. The van der Waals surface area contributed by atoms with E-state index in [1.807, 2.05) is 36.7 Å². The molecular weight excluding hydrogens is 370 g/mol. The predicted octanol–water partition coefficient (Wildman–Crippen LogP) is 4.55. The van der Waals surface area contributed by atoms with Crippen LogP contribution in [0, 0.1) is 0 Å². The van der Waals surface area contributed by atoms with Gasteiger partial charge in [-0.05, 0) is 56.3 Å². The van der Waals surface area contributed by atoms with Crippen LogP contribution in [0.15, 0.2) is 47.6 Å². The highest BCUT2D eigenvalue weighted by molar-refractivity contribution is 8.00. The van der Waals surface area contributed by atoms with E-state index in [1.165, 1.54) is 18.7 Å². The molecule has 0 saturated heterocycles. The van der Waals surface area contributed by atoms with E-state index in [9.17, 15) is 9.59 Å². The quantitative estimate of drug-likeness (QED) is 0.515. The zero-order valence-corrected chi connectivity index (χ0v) is 16.2. The first-order valence-corrected chi connectivity index (χ1v) is 9.31. The maximum absolute atomic E-state index is 12.5. The minimum absolute atomic E-state index is 0.00579. The summed E-state index contributed by atoms with van der Waals surface area (Å²) in [4.78, 5) is 28.3. The van der Waals surface area contributed by atoms with E-state index in [2.05, 4.69) is 10.3 Å². The van der Waals surface area contributed by atoms with Crippen molar-refractivity contribution < 1.29 is 9.59 Å². The van der Waals surface area contributed by atoms with Crippen LogP contribution in [-0.4, -0.2) is 26.5 Å². The monoisotopic (exact) mass is 387 g/mol. The summed E-state index contributed by atoms with van der Waals surface area (Å²) in [5.41, 5.74) is 3.03. The first-order chi connectivity index (χ1) is 12.3. The number of aromatic nitrogens is 2. The molecule has 0 fully saturated rings. The van der Waals surface area contributed by atoms with Crippen LogP contribution < -0.4 is 5.32 Å². The fraction of sp³-hybridized carbons (Fsp3) is 0.211. The molecule has 0 radical (unpaired) electrons. The van der Waals surface area contributed by atoms with Crippen molar-refractivity contribution in [1.29, 1.82) is 0 Å². The Kier molecular flexibility index (Phi) is 5.34. The van der Waals surface area contributed by atoms with E-state index >= 15 is 0 Å². The van der Waals surface area contributed by atoms with Gasteiger partial charge in [0.2, 0.25) is 5.91 Å². The summed E-state index contributed by atoms with van der Waals surface area (Å²) in [7, 11) is 1.91. The van der Waals surface area contributed by atoms with Gasteiger partial charge in [0.25, 0.3) is 0 Å². The van der Waals surface area contributed by atoms with Crippen molar-refractivity contribution in [3.8, 4) is 0 Å². The molecule has 26 heavy (non-hydrogen) atoms. The zero-order valence-electron chi connectivity index (χ0n) is 14.6. The highest BCUT2D eigenvalue weighted by Gasteiger charge is 2.18. The van der Waals surface area contributed by atoms with Gasteiger partial charge in [-0.3, -0.25) is 9.59 Å². The number of nitrogens with one attached hydrogen (secondary N) is 1. The van der Waals surface area contributed by atoms with Gasteiger partial charge in [-0.15, -0.1) is 0 Å². The lowest BCUT2D eigenvalue weighted by Gasteiger charge is -2.12. The Balaban J connectivity index is 1.71. The summed E-state index contributed by atoms with van der Waals surface area (Å²) in [6.45, 7) is 3.34. The van der Waals surface area contributed by atoms with Gasteiger partial charge in [-0.2, -0.15) is 0 Å². The molecule has 1 aromatic heterocycles. The number of thioether (sulfide) groups is 1. The highest BCUT2D eigenvalue weighted by Crippen LogP contribution is 2.28. The number of carbonyl (C=O) groups is 2. The molecule has 3 aromatic rings. The molecule has 134 valence electrons. The van der Waals surface area contributed by atoms with Crippen LogP contribution in [0.25, 0.3) is 11.0 Å². The molecule has 1 amide bonds. The number of carbonyl (C=O) groups excluding carboxylic acids is 2. The lowest BCUT2D eigenvalue weighted by molar-refractivity contribution is -0.115. The standard InChI is InChI=1S/C19H18ClN3O2S/c1-11(24)13-4-7-15(8-5-13)21-18(25)12(2)26-19-22-16-10-14(20)6-9-17(16)23(19)3/h4-10,12H,1-3H3,(H,21,25). The summed E-state index contributed by atoms with van der Waals surface area (Å²) >= 11 is 7.40. The Morgan fingerprint density at radius 2 is 1.88 bits per heavy atom. The Labute approximate surface area is 160 Å². The highest BCUT2D eigenvalue weighted by atomic mass is 35.5. The molecule has 1 N–H and O–H groups in total. The van der Waals surface area contributed by atoms with Crippen molar-refractivity contribution >= 4 is 51.8 Å². The third-order valence-corrected chi connectivity index (χ3v) is 5.39. The fourth-order valence-electron chi connectivity index (χ4n) is 2.50. The number of fused-ring (bicyclic) bond motifs is 1. The minimum Gasteiger partial charge on any atom is -0.325 e. The Morgan fingerprint density at radius 3 is 2.54 bits per heavy atom. The molecule has 3 rings (SSSR count). The van der Waals surface area contributed by atoms with Gasteiger partial charge in [0, 0.05) is 23.3 Å². The van der Waals surface area contributed by atoms with Crippen molar-refractivity contribution in [3.63, 3.8) is 0 Å². The number of nitrogens with zero attached hydrogens (tertiary/aromatic N) is 2. The molecule has 1 heterocycles. The van der Waals surface area contributed by atoms with Crippen molar-refractivity contribution in [3.05, 3.63) is 53.1 Å². The second-order valence-electron chi connectivity index (χ2n) is 5.97. The molecule has 0 spiro atoms. The smallest absolute Gasteiger partial charge is 0.237 e. The second kappa shape index (κ2) is 7.51. The number of hydrogen-bond acceptors (Lipinski definition) is 4. The molecule has 0 aliphatic carbocycles. The van der Waals surface area contributed by atoms with Crippen LogP contribution in [-0.2, 0) is 11.8 Å². The van der Waals surface area contributed by atoms with E-state index in [-0.39, 0.29) is 16.9 Å². The number of imidazole rings is 1. The molecule has 1 atom stereocenters. The fourth-order valence-corrected chi connectivity index (χ4v) is 3.56. The van der Waals surface area contributed by atoms with Gasteiger partial charge in [-0.1, -0.05) is 23.4 Å². The number of halogens is 1. The molecule has 1 unspecified atom stereocenters. The summed E-state index contributed by atoms with van der Waals surface area (Å²) in [6, 6.07) is 12.4. The minimum atomic E-state index is -0.339. The van der Waals surface area contributed by atoms with Crippen LogP contribution >= 0.6 is 23.4 Å². The molecular formula is C19H18ClN3O2S. The van der Waals surface area contributed by atoms with Gasteiger partial charge in [0.1, 0.15) is 0 Å². The van der Waals surface area contributed by atoms with E-state index in [4.69, 9.17) is 11.6 Å². The summed E-state index contributed by atoms with van der Waals surface area (Å²) in [6.07, 6.45) is 0. The van der Waals surface area contributed by atoms with Crippen molar-refractivity contribution in [2.45, 2.75) is 24.3 Å². The van der Waals surface area contributed by atoms with Gasteiger partial charge in [-0.25, -0.2) is 4.98 Å². The number of benzene rings is 2. The summed E-state index contributed by atoms with van der Waals surface area (Å²) < 4.78 is 1.95. The largest absolute Gasteiger partial charge is 0.325 e. The molecule has 0 aliphatic rings. The normalized spacial score (nSPS) is 12.2. The molecule has 2 aromatic carbocycles. The van der Waals surface area contributed by atoms with Crippen molar-refractivity contribution in [2.75, 3.05) is 5.32 Å². The summed E-state index contributed by atoms with van der Waals surface area (Å²) in [5, 5.41) is 3.90. The molecule has 5 nitrogen and oxygen atoms in total. The van der Waals surface area contributed by atoms with Crippen LogP contribution in [0.3, 0.4) is 0 Å². The van der Waals surface area contributed by atoms with Crippen molar-refractivity contribution in [2.24, 2.45) is 7.05 Å². The number of Topliss-reactive ketones (excluding diaryl/α,β-unsaturated/α-hetero) is 1. The third-order valence-electron chi connectivity index (χ3n) is 4.01. The van der Waals surface area contributed by atoms with Gasteiger partial charge in [0.05, 0.1) is 16.3 Å². The predicted molar refractivity (Wildman–Crippen MR) is 106 cm³/mol. The maximum atomic E-state index is 12.5. The lowest BCUT2D eigenvalue weighted by Crippen LogP contribution is -2.22. The van der Waals surface area contributed by atoms with Crippen LogP contribution in [0.2, 0.25) is 5.02 Å². The average molecular weight is 388 g/mol. The van der Waals surface area contributed by atoms with Gasteiger partial charge in [0.15, 0.2) is 10.9 Å². The van der Waals surface area contributed by atoms with E-state index in [1.54, 1.807) is 24.3 Å². The number of anilines is 1. The van der Waals surface area contributed by atoms with Gasteiger partial charge >= 0.3 is 0 Å². The first-order valence-electron chi connectivity index (χ1n) is 8.05. The molecule has 0 bridgehead atoms. The van der Waals surface area contributed by atoms with Crippen molar-refractivity contribution in [1.82, 2.24) is 9.55 Å². The lowest BCUT2D eigenvalue weighted by atomic mass is 10.1. The SMILES string of the molecule is CC(=O)c1ccc(NC(=O)C(C)Sc2nc3cc(Cl)ccc3n2C)cc1. The van der Waals surface area contributed by atoms with E-state index in [0.29, 0.717) is 16.3 Å². The van der Waals surface area contributed by atoms with E-state index < -0.39 is 0 Å². The summed E-state index contributed by atoms with van der Waals surface area (Å²) in [5.74, 6) is -0.135. The molecule has 7 heteroatoms. The van der Waals surface area contributed by atoms with Crippen LogP contribution in [0.1, 0.15) is 24.2 Å². The number of aryl methyl sites for hydroxylation is 1. The number of ketones is 1. The number of rotatable bonds is 5. The van der Waals surface area contributed by atoms with Gasteiger partial charge < -0.3 is 9.88 Å². The number of hydrogen-bond donors (Lipinski definition) is 1. The second-order valence-corrected chi connectivity index (χ2v) is 7.71. The zero-order chi connectivity index (χ0) is 18.8. The topological polar surface area (TPSA) is 64.0 Å². The molecule has 0 aliphatic heterocycles. The number of amides is 1.